The number of hydrogen-bond donors (Lipinski definition) is 1. The number of fused-ring (bicyclic) bond motifs is 3. The van der Waals surface area contributed by atoms with E-state index in [9.17, 15) is 9.59 Å². The third-order valence-corrected chi connectivity index (χ3v) is 5.75. The molecule has 0 saturated carbocycles. The van der Waals surface area contributed by atoms with E-state index in [1.807, 2.05) is 24.4 Å². The second-order valence-corrected chi connectivity index (χ2v) is 7.72. The Morgan fingerprint density at radius 3 is 3.21 bits per heavy atom. The van der Waals surface area contributed by atoms with Crippen molar-refractivity contribution in [3.63, 3.8) is 0 Å². The van der Waals surface area contributed by atoms with Gasteiger partial charge in [0.25, 0.3) is 5.91 Å². The van der Waals surface area contributed by atoms with Gasteiger partial charge in [-0.3, -0.25) is 9.59 Å². The van der Waals surface area contributed by atoms with Crippen molar-refractivity contribution in [2.45, 2.75) is 6.92 Å². The normalized spacial score (nSPS) is 15.0. The maximum atomic E-state index is 12.3. The van der Waals surface area contributed by atoms with Crippen LogP contribution in [0.25, 0.3) is 20.3 Å². The number of ether oxygens (including phenoxy) is 1. The number of thiophene rings is 1. The van der Waals surface area contributed by atoms with E-state index in [-0.39, 0.29) is 25.0 Å². The van der Waals surface area contributed by atoms with Crippen LogP contribution in [-0.2, 0) is 9.59 Å². The zero-order chi connectivity index (χ0) is 16.7. The molecule has 3 aromatic rings. The molecule has 0 radical (unpaired) electrons. The maximum absolute atomic E-state index is 12.3. The van der Waals surface area contributed by atoms with Crippen LogP contribution >= 0.6 is 22.7 Å². The Bertz CT molecular complexity index is 947. The number of hydrogen-bond acceptors (Lipinski definition) is 6. The van der Waals surface area contributed by atoms with E-state index in [1.54, 1.807) is 22.7 Å². The lowest BCUT2D eigenvalue weighted by atomic mass is 10.2. The molecule has 1 N–H and O–H groups in total. The number of rotatable bonds is 3. The molecule has 1 fully saturated rings. The van der Waals surface area contributed by atoms with Crippen LogP contribution in [0.5, 0.6) is 5.75 Å². The number of nitrogens with one attached hydrogen (secondary N) is 1. The van der Waals surface area contributed by atoms with Crippen molar-refractivity contribution in [1.29, 1.82) is 0 Å². The molecular weight excluding hydrogens is 346 g/mol. The summed E-state index contributed by atoms with van der Waals surface area (Å²) in [5.41, 5.74) is 0.994. The lowest BCUT2D eigenvalue weighted by Crippen LogP contribution is -2.51. The van der Waals surface area contributed by atoms with Gasteiger partial charge in [0, 0.05) is 24.5 Å². The monoisotopic (exact) mass is 361 g/mol. The standard InChI is InChI=1S/C16H15N3O3S2/c1-9-18-15-12(24-9)6-11(10-2-5-23-16(10)15)22-8-14(21)19-4-3-17-13(20)7-19/h2,5-6H,3-4,7-8H2,1H3,(H,17,20). The molecule has 1 aliphatic rings. The van der Waals surface area contributed by atoms with Crippen molar-refractivity contribution in [2.24, 2.45) is 0 Å². The van der Waals surface area contributed by atoms with Crippen LogP contribution in [0.3, 0.4) is 0 Å². The topological polar surface area (TPSA) is 71.5 Å². The summed E-state index contributed by atoms with van der Waals surface area (Å²) < 4.78 is 7.95. The largest absolute Gasteiger partial charge is 0.483 e. The van der Waals surface area contributed by atoms with Gasteiger partial charge < -0.3 is 15.0 Å². The van der Waals surface area contributed by atoms with Crippen molar-refractivity contribution in [3.05, 3.63) is 22.5 Å². The number of carbonyl (C=O) groups is 2. The summed E-state index contributed by atoms with van der Waals surface area (Å²) in [6.45, 7) is 3.03. The second-order valence-electron chi connectivity index (χ2n) is 5.57. The Morgan fingerprint density at radius 2 is 2.38 bits per heavy atom. The highest BCUT2D eigenvalue weighted by Crippen LogP contribution is 2.38. The van der Waals surface area contributed by atoms with Gasteiger partial charge in [0.05, 0.1) is 26.5 Å². The van der Waals surface area contributed by atoms with Gasteiger partial charge in [-0.15, -0.1) is 22.7 Å². The number of thiazole rings is 1. The van der Waals surface area contributed by atoms with Gasteiger partial charge in [-0.1, -0.05) is 0 Å². The number of carbonyl (C=O) groups excluding carboxylic acids is 2. The summed E-state index contributed by atoms with van der Waals surface area (Å²) in [5.74, 6) is 0.391. The molecule has 1 aliphatic heterocycles. The maximum Gasteiger partial charge on any atom is 0.261 e. The lowest BCUT2D eigenvalue weighted by molar-refractivity contribution is -0.139. The van der Waals surface area contributed by atoms with Crippen LogP contribution in [0.1, 0.15) is 5.01 Å². The van der Waals surface area contributed by atoms with E-state index >= 15 is 0 Å². The SMILES string of the molecule is Cc1nc2c(cc(OCC(=O)N3CCNC(=O)C3)c3ccsc32)s1. The summed E-state index contributed by atoms with van der Waals surface area (Å²) in [6, 6.07) is 3.94. The van der Waals surface area contributed by atoms with Gasteiger partial charge in [0.15, 0.2) is 6.61 Å². The number of amides is 2. The molecule has 0 bridgehead atoms. The predicted octanol–water partition coefficient (Wildman–Crippen LogP) is 2.16. The zero-order valence-corrected chi connectivity index (χ0v) is 14.6. The molecule has 2 aromatic heterocycles. The van der Waals surface area contributed by atoms with E-state index in [0.29, 0.717) is 18.8 Å². The van der Waals surface area contributed by atoms with Gasteiger partial charge in [0.2, 0.25) is 5.91 Å². The molecular formula is C16H15N3O3S2. The molecule has 0 unspecified atom stereocenters. The summed E-state index contributed by atoms with van der Waals surface area (Å²) in [4.78, 5) is 29.8. The third kappa shape index (κ3) is 2.71. The number of nitrogens with zero attached hydrogens (tertiary/aromatic N) is 2. The van der Waals surface area contributed by atoms with E-state index in [2.05, 4.69) is 10.3 Å². The van der Waals surface area contributed by atoms with Crippen LogP contribution in [0.15, 0.2) is 17.5 Å². The molecule has 8 heteroatoms. The highest BCUT2D eigenvalue weighted by Gasteiger charge is 2.22. The predicted molar refractivity (Wildman–Crippen MR) is 94.8 cm³/mol. The molecule has 124 valence electrons. The van der Waals surface area contributed by atoms with Crippen molar-refractivity contribution < 1.29 is 14.3 Å². The third-order valence-electron chi connectivity index (χ3n) is 3.91. The van der Waals surface area contributed by atoms with Crippen molar-refractivity contribution >= 4 is 54.8 Å². The minimum Gasteiger partial charge on any atom is -0.483 e. The highest BCUT2D eigenvalue weighted by molar-refractivity contribution is 7.21. The molecule has 24 heavy (non-hydrogen) atoms. The fourth-order valence-corrected chi connectivity index (χ4v) is 4.62. The molecule has 2 amide bonds. The minimum atomic E-state index is -0.172. The second kappa shape index (κ2) is 6.03. The number of piperazine rings is 1. The fourth-order valence-electron chi connectivity index (χ4n) is 2.79. The average molecular weight is 361 g/mol. The van der Waals surface area contributed by atoms with Crippen molar-refractivity contribution in [3.8, 4) is 5.75 Å². The van der Waals surface area contributed by atoms with Crippen LogP contribution in [0.2, 0.25) is 0 Å². The first-order valence-electron chi connectivity index (χ1n) is 7.56. The smallest absolute Gasteiger partial charge is 0.261 e. The summed E-state index contributed by atoms with van der Waals surface area (Å²) in [6.07, 6.45) is 0. The van der Waals surface area contributed by atoms with Gasteiger partial charge in [-0.25, -0.2) is 4.98 Å². The summed E-state index contributed by atoms with van der Waals surface area (Å²) in [7, 11) is 0. The van der Waals surface area contributed by atoms with Crippen LogP contribution in [-0.4, -0.2) is 47.9 Å². The van der Waals surface area contributed by atoms with E-state index in [4.69, 9.17) is 4.74 Å². The minimum absolute atomic E-state index is 0.0679. The fraction of sp³-hybridized carbons (Fsp3) is 0.312. The molecule has 4 rings (SSSR count). The quantitative estimate of drug-likeness (QED) is 0.776. The van der Waals surface area contributed by atoms with Gasteiger partial charge >= 0.3 is 0 Å². The number of aryl methyl sites for hydroxylation is 1. The highest BCUT2D eigenvalue weighted by atomic mass is 32.1. The number of benzene rings is 1. The summed E-state index contributed by atoms with van der Waals surface area (Å²) >= 11 is 3.24. The molecule has 6 nitrogen and oxygen atoms in total. The molecule has 1 saturated heterocycles. The van der Waals surface area contributed by atoms with Crippen LogP contribution in [0, 0.1) is 6.92 Å². The van der Waals surface area contributed by atoms with Crippen molar-refractivity contribution in [1.82, 2.24) is 15.2 Å². The Balaban J connectivity index is 1.58. The molecule has 0 atom stereocenters. The van der Waals surface area contributed by atoms with E-state index in [1.165, 1.54) is 4.90 Å². The number of aromatic nitrogens is 1. The van der Waals surface area contributed by atoms with Crippen LogP contribution in [0.4, 0.5) is 0 Å². The zero-order valence-electron chi connectivity index (χ0n) is 13.0. The van der Waals surface area contributed by atoms with Gasteiger partial charge in [0.1, 0.15) is 5.75 Å². The first kappa shape index (κ1) is 15.3. The first-order chi connectivity index (χ1) is 11.6. The molecule has 3 heterocycles. The molecule has 1 aromatic carbocycles. The Labute approximate surface area is 146 Å². The Hall–Kier alpha value is -2.19. The lowest BCUT2D eigenvalue weighted by Gasteiger charge is -2.26. The first-order valence-corrected chi connectivity index (χ1v) is 9.26. The summed E-state index contributed by atoms with van der Waals surface area (Å²) in [5, 5.41) is 6.69. The Kier molecular flexibility index (Phi) is 3.85. The van der Waals surface area contributed by atoms with Crippen LogP contribution < -0.4 is 10.1 Å². The van der Waals surface area contributed by atoms with E-state index in [0.717, 1.165) is 25.3 Å². The van der Waals surface area contributed by atoms with Gasteiger partial charge in [-0.05, 0) is 18.4 Å². The van der Waals surface area contributed by atoms with Crippen molar-refractivity contribution in [2.75, 3.05) is 26.2 Å². The average Bonchev–Trinajstić information content (AvgIpc) is 3.17. The Morgan fingerprint density at radius 1 is 1.50 bits per heavy atom. The molecule has 0 spiro atoms. The van der Waals surface area contributed by atoms with E-state index < -0.39 is 0 Å². The molecule has 0 aliphatic carbocycles. The van der Waals surface area contributed by atoms with Gasteiger partial charge in [-0.2, -0.15) is 0 Å².